The Bertz CT molecular complexity index is 549. The molecule has 0 bridgehead atoms. The first-order valence-electron chi connectivity index (χ1n) is 5.99. The molecule has 1 atom stereocenters. The smallest absolute Gasteiger partial charge is 0.328 e. The monoisotopic (exact) mass is 437 g/mol. The first-order chi connectivity index (χ1) is 9.61. The van der Waals surface area contributed by atoms with E-state index in [0.29, 0.717) is 13.2 Å². The van der Waals surface area contributed by atoms with Crippen LogP contribution < -0.4 is 5.32 Å². The minimum Gasteiger partial charge on any atom is -0.465 e. The number of nitrogens with one attached hydrogen (secondary N) is 1. The second kappa shape index (κ2) is 7.70. The van der Waals surface area contributed by atoms with Crippen molar-refractivity contribution in [3.63, 3.8) is 0 Å². The lowest BCUT2D eigenvalue weighted by molar-refractivity contribution is -0.145. The van der Waals surface area contributed by atoms with Gasteiger partial charge >= 0.3 is 5.97 Å². The number of thiophene rings is 2. The molecule has 1 unspecified atom stereocenters. The normalized spacial score (nSPS) is 12.3. The topological polar surface area (TPSA) is 38.3 Å². The molecule has 3 nitrogen and oxygen atoms in total. The number of halogens is 2. The van der Waals surface area contributed by atoms with Crippen molar-refractivity contribution in [2.45, 2.75) is 19.5 Å². The van der Waals surface area contributed by atoms with Gasteiger partial charge in [0, 0.05) is 20.8 Å². The van der Waals surface area contributed by atoms with E-state index in [4.69, 9.17) is 4.74 Å². The van der Waals surface area contributed by atoms with E-state index in [1.165, 1.54) is 16.2 Å². The third kappa shape index (κ3) is 4.14. The first-order valence-corrected chi connectivity index (χ1v) is 9.27. The Morgan fingerprint density at radius 3 is 2.85 bits per heavy atom. The molecule has 7 heteroatoms. The number of hydrogen-bond acceptors (Lipinski definition) is 5. The van der Waals surface area contributed by atoms with E-state index < -0.39 is 6.04 Å². The average Bonchev–Trinajstić information content (AvgIpc) is 3.02. The molecule has 2 rings (SSSR count). The second-order valence-corrected chi connectivity index (χ2v) is 8.20. The zero-order chi connectivity index (χ0) is 14.5. The largest absolute Gasteiger partial charge is 0.465 e. The van der Waals surface area contributed by atoms with Crippen molar-refractivity contribution in [1.82, 2.24) is 5.32 Å². The van der Waals surface area contributed by atoms with Gasteiger partial charge in [-0.15, -0.1) is 22.7 Å². The zero-order valence-electron chi connectivity index (χ0n) is 10.7. The van der Waals surface area contributed by atoms with Crippen LogP contribution in [0.2, 0.25) is 0 Å². The second-order valence-electron chi connectivity index (χ2n) is 3.92. The molecular weight excluding hydrogens is 426 g/mol. The van der Waals surface area contributed by atoms with Crippen molar-refractivity contribution in [2.75, 3.05) is 6.61 Å². The fourth-order valence-corrected chi connectivity index (χ4v) is 4.46. The van der Waals surface area contributed by atoms with Crippen molar-refractivity contribution >= 4 is 60.5 Å². The van der Waals surface area contributed by atoms with Gasteiger partial charge in [-0.25, -0.2) is 4.79 Å². The van der Waals surface area contributed by atoms with Gasteiger partial charge < -0.3 is 4.74 Å². The van der Waals surface area contributed by atoms with Crippen LogP contribution in [0, 0.1) is 0 Å². The van der Waals surface area contributed by atoms with E-state index in [-0.39, 0.29) is 5.97 Å². The summed E-state index contributed by atoms with van der Waals surface area (Å²) in [5, 5.41) is 5.29. The van der Waals surface area contributed by atoms with Gasteiger partial charge in [-0.2, -0.15) is 0 Å². The Kier molecular flexibility index (Phi) is 6.22. The summed E-state index contributed by atoms with van der Waals surface area (Å²) in [4.78, 5) is 14.2. The van der Waals surface area contributed by atoms with E-state index in [2.05, 4.69) is 37.2 Å². The van der Waals surface area contributed by atoms with Crippen LogP contribution in [0.1, 0.15) is 22.7 Å². The van der Waals surface area contributed by atoms with Crippen molar-refractivity contribution in [2.24, 2.45) is 0 Å². The highest BCUT2D eigenvalue weighted by Gasteiger charge is 2.24. The van der Waals surface area contributed by atoms with Gasteiger partial charge in [-0.1, -0.05) is 6.07 Å². The average molecular weight is 439 g/mol. The van der Waals surface area contributed by atoms with E-state index in [1.807, 2.05) is 30.5 Å². The maximum absolute atomic E-state index is 12.1. The third-order valence-corrected chi connectivity index (χ3v) is 6.73. The molecule has 0 saturated carbocycles. The third-order valence-electron chi connectivity index (χ3n) is 2.53. The van der Waals surface area contributed by atoms with Gasteiger partial charge in [-0.3, -0.25) is 5.32 Å². The SMILES string of the molecule is CCOC(=O)C(NCc1cccs1)c1cc(Br)c(Br)s1. The van der Waals surface area contributed by atoms with Crippen molar-refractivity contribution in [3.05, 3.63) is 41.6 Å². The molecule has 0 aliphatic heterocycles. The van der Waals surface area contributed by atoms with Crippen LogP contribution in [0.4, 0.5) is 0 Å². The Hall–Kier alpha value is -0.210. The van der Waals surface area contributed by atoms with E-state index >= 15 is 0 Å². The lowest BCUT2D eigenvalue weighted by atomic mass is 10.2. The minimum absolute atomic E-state index is 0.245. The highest BCUT2D eigenvalue weighted by molar-refractivity contribution is 9.13. The number of carbonyl (C=O) groups excluding carboxylic acids is 1. The number of carbonyl (C=O) groups is 1. The molecule has 20 heavy (non-hydrogen) atoms. The zero-order valence-corrected chi connectivity index (χ0v) is 15.5. The van der Waals surface area contributed by atoms with Gasteiger partial charge in [0.05, 0.1) is 10.4 Å². The van der Waals surface area contributed by atoms with Crippen LogP contribution in [-0.2, 0) is 16.1 Å². The summed E-state index contributed by atoms with van der Waals surface area (Å²) in [5.74, 6) is -0.245. The van der Waals surface area contributed by atoms with E-state index in [1.54, 1.807) is 11.3 Å². The van der Waals surface area contributed by atoms with Crippen molar-refractivity contribution in [1.29, 1.82) is 0 Å². The summed E-state index contributed by atoms with van der Waals surface area (Å²) in [5.41, 5.74) is 0. The maximum Gasteiger partial charge on any atom is 0.328 e. The van der Waals surface area contributed by atoms with Gasteiger partial charge in [-0.05, 0) is 56.3 Å². The maximum atomic E-state index is 12.1. The molecule has 0 radical (unpaired) electrons. The molecule has 0 spiro atoms. The summed E-state index contributed by atoms with van der Waals surface area (Å²) < 4.78 is 7.08. The summed E-state index contributed by atoms with van der Waals surface area (Å²) in [6, 6.07) is 5.54. The molecule has 0 fully saturated rings. The van der Waals surface area contributed by atoms with Crippen LogP contribution in [0.15, 0.2) is 31.8 Å². The molecule has 0 saturated heterocycles. The van der Waals surface area contributed by atoms with Crippen LogP contribution in [0.5, 0.6) is 0 Å². The van der Waals surface area contributed by atoms with Gasteiger partial charge in [0.15, 0.2) is 0 Å². The highest BCUT2D eigenvalue weighted by atomic mass is 79.9. The Balaban J connectivity index is 2.13. The Morgan fingerprint density at radius 2 is 2.30 bits per heavy atom. The molecule has 1 N–H and O–H groups in total. The molecule has 108 valence electrons. The molecule has 2 aromatic rings. The number of rotatable bonds is 6. The highest BCUT2D eigenvalue weighted by Crippen LogP contribution is 2.36. The fraction of sp³-hybridized carbons (Fsp3) is 0.308. The predicted octanol–water partition coefficient (Wildman–Crippen LogP) is 4.73. The Labute approximate surface area is 142 Å². The van der Waals surface area contributed by atoms with Crippen molar-refractivity contribution < 1.29 is 9.53 Å². The van der Waals surface area contributed by atoms with Gasteiger partial charge in [0.1, 0.15) is 6.04 Å². The number of ether oxygens (including phenoxy) is 1. The van der Waals surface area contributed by atoms with Crippen LogP contribution in [0.25, 0.3) is 0 Å². The van der Waals surface area contributed by atoms with Crippen molar-refractivity contribution in [3.8, 4) is 0 Å². The van der Waals surface area contributed by atoms with Crippen LogP contribution in [0.3, 0.4) is 0 Å². The van der Waals surface area contributed by atoms with E-state index in [9.17, 15) is 4.79 Å². The summed E-state index contributed by atoms with van der Waals surface area (Å²) >= 11 is 10.1. The number of esters is 1. The van der Waals surface area contributed by atoms with Crippen LogP contribution in [-0.4, -0.2) is 12.6 Å². The first kappa shape index (κ1) is 16.2. The molecule has 2 heterocycles. The molecule has 2 aromatic heterocycles. The lowest BCUT2D eigenvalue weighted by Crippen LogP contribution is -2.29. The Morgan fingerprint density at radius 1 is 1.50 bits per heavy atom. The molecule has 0 amide bonds. The molecular formula is C13H13Br2NO2S2. The summed E-state index contributed by atoms with van der Waals surface area (Å²) in [6.45, 7) is 2.84. The summed E-state index contributed by atoms with van der Waals surface area (Å²) in [6.07, 6.45) is 0. The predicted molar refractivity (Wildman–Crippen MR) is 90.3 cm³/mol. The molecule has 0 aromatic carbocycles. The van der Waals surface area contributed by atoms with Crippen LogP contribution >= 0.6 is 54.5 Å². The standard InChI is InChI=1S/C13H13Br2NO2S2/c1-2-18-13(17)11(10-6-9(14)12(15)20-10)16-7-8-4-3-5-19-8/h3-6,11,16H,2,7H2,1H3. The molecule has 0 aliphatic carbocycles. The van der Waals surface area contributed by atoms with Gasteiger partial charge in [0.2, 0.25) is 0 Å². The minimum atomic E-state index is -0.440. The summed E-state index contributed by atoms with van der Waals surface area (Å²) in [7, 11) is 0. The number of hydrogen-bond donors (Lipinski definition) is 1. The molecule has 0 aliphatic rings. The fourth-order valence-electron chi connectivity index (χ4n) is 1.65. The lowest BCUT2D eigenvalue weighted by Gasteiger charge is -2.15. The van der Waals surface area contributed by atoms with E-state index in [0.717, 1.165) is 13.1 Å². The quantitative estimate of drug-likeness (QED) is 0.662. The van der Waals surface area contributed by atoms with Gasteiger partial charge in [0.25, 0.3) is 0 Å².